The summed E-state index contributed by atoms with van der Waals surface area (Å²) in [6.07, 6.45) is 8.49. The zero-order chi connectivity index (χ0) is 24.8. The van der Waals surface area contributed by atoms with Crippen molar-refractivity contribution in [3.05, 3.63) is 70.9 Å². The van der Waals surface area contributed by atoms with Crippen molar-refractivity contribution in [1.82, 2.24) is 19.8 Å². The van der Waals surface area contributed by atoms with Gasteiger partial charge in [-0.05, 0) is 30.5 Å². The number of unbranched alkanes of at least 4 members (excludes halogenated alkanes) is 5. The molecule has 4 aromatic rings. The van der Waals surface area contributed by atoms with E-state index in [4.69, 9.17) is 9.72 Å². The molecule has 0 saturated carbocycles. The zero-order valence-electron chi connectivity index (χ0n) is 22.0. The molecule has 0 radical (unpaired) electrons. The molecular formula is C30H40N4O. The van der Waals surface area contributed by atoms with E-state index in [0.29, 0.717) is 0 Å². The van der Waals surface area contributed by atoms with E-state index in [1.54, 1.807) is 4.63 Å². The average molecular weight is 473 g/mol. The Morgan fingerprint density at radius 3 is 2.37 bits per heavy atom. The summed E-state index contributed by atoms with van der Waals surface area (Å²) in [5.41, 5.74) is 6.79. The molecule has 1 N–H and O–H groups in total. The van der Waals surface area contributed by atoms with Gasteiger partial charge in [0.25, 0.3) is 0 Å². The highest BCUT2D eigenvalue weighted by Gasteiger charge is 2.18. The third-order valence-electron chi connectivity index (χ3n) is 6.52. The number of fused-ring (bicyclic) bond motifs is 1. The molecule has 35 heavy (non-hydrogen) atoms. The van der Waals surface area contributed by atoms with E-state index >= 15 is 0 Å². The molecule has 5 heteroatoms. The summed E-state index contributed by atoms with van der Waals surface area (Å²) in [6, 6.07) is 17.2. The Morgan fingerprint density at radius 1 is 0.914 bits per heavy atom. The summed E-state index contributed by atoms with van der Waals surface area (Å²) < 4.78 is 7.96. The normalized spacial score (nSPS) is 11.9. The van der Waals surface area contributed by atoms with Gasteiger partial charge in [0.1, 0.15) is 5.75 Å². The molecule has 0 bridgehead atoms. The standard InChI is InChI=1S/C30H40N4O/c1-6-7-8-9-10-11-18-35-26-17-12-22(2)19-25(26)20-23-13-15-24(16-14-23)29-31-28-21-27(30(3,4)5)32-34(28)33-29/h12-17,19,21,32H,6-11,18,20H2,1-5H3. The van der Waals surface area contributed by atoms with Crippen LogP contribution in [0, 0.1) is 6.92 Å². The lowest BCUT2D eigenvalue weighted by Gasteiger charge is -2.14. The van der Waals surface area contributed by atoms with Gasteiger partial charge in [-0.25, -0.2) is 4.98 Å². The van der Waals surface area contributed by atoms with Gasteiger partial charge in [0.2, 0.25) is 0 Å². The van der Waals surface area contributed by atoms with Crippen LogP contribution in [0.4, 0.5) is 0 Å². The molecule has 0 aliphatic rings. The van der Waals surface area contributed by atoms with E-state index in [1.165, 1.54) is 48.8 Å². The third-order valence-corrected chi connectivity index (χ3v) is 6.52. The van der Waals surface area contributed by atoms with E-state index in [0.717, 1.165) is 47.9 Å². The number of ether oxygens (including phenoxy) is 1. The maximum atomic E-state index is 6.20. The maximum absolute atomic E-state index is 6.20. The van der Waals surface area contributed by atoms with Gasteiger partial charge < -0.3 is 4.74 Å². The fourth-order valence-corrected chi connectivity index (χ4v) is 4.33. The van der Waals surface area contributed by atoms with E-state index in [9.17, 15) is 0 Å². The Labute approximate surface area is 209 Å². The van der Waals surface area contributed by atoms with Crippen molar-refractivity contribution in [2.24, 2.45) is 0 Å². The molecule has 0 amide bonds. The Bertz CT molecular complexity index is 1200. The third kappa shape index (κ3) is 6.53. The highest BCUT2D eigenvalue weighted by molar-refractivity contribution is 5.59. The first-order valence-electron chi connectivity index (χ1n) is 13.1. The Morgan fingerprint density at radius 2 is 1.66 bits per heavy atom. The highest BCUT2D eigenvalue weighted by Crippen LogP contribution is 2.26. The number of rotatable bonds is 11. The van der Waals surface area contributed by atoms with Crippen LogP contribution in [0.2, 0.25) is 0 Å². The Kier molecular flexibility index (Phi) is 7.94. The fraction of sp³-hybridized carbons (Fsp3) is 0.467. The van der Waals surface area contributed by atoms with Crippen LogP contribution in [0.25, 0.3) is 17.0 Å². The second kappa shape index (κ2) is 11.1. The molecule has 0 fully saturated rings. The summed E-state index contributed by atoms with van der Waals surface area (Å²) in [4.78, 5) is 4.72. The molecule has 0 atom stereocenters. The summed E-state index contributed by atoms with van der Waals surface area (Å²) in [6.45, 7) is 11.7. The molecule has 5 nitrogen and oxygen atoms in total. The number of H-pyrrole nitrogens is 1. The molecule has 0 unspecified atom stereocenters. The lowest BCUT2D eigenvalue weighted by molar-refractivity contribution is 0.302. The van der Waals surface area contributed by atoms with E-state index in [1.807, 2.05) is 0 Å². The van der Waals surface area contributed by atoms with Crippen LogP contribution >= 0.6 is 0 Å². The highest BCUT2D eigenvalue weighted by atomic mass is 16.5. The minimum atomic E-state index is 0.0389. The molecule has 2 heterocycles. The van der Waals surface area contributed by atoms with Crippen molar-refractivity contribution in [3.8, 4) is 17.1 Å². The molecule has 0 aliphatic carbocycles. The first-order chi connectivity index (χ1) is 16.8. The quantitative estimate of drug-likeness (QED) is 0.228. The van der Waals surface area contributed by atoms with Gasteiger partial charge in [0.15, 0.2) is 11.5 Å². The minimum absolute atomic E-state index is 0.0389. The van der Waals surface area contributed by atoms with Crippen molar-refractivity contribution >= 4 is 5.65 Å². The lowest BCUT2D eigenvalue weighted by atomic mass is 9.93. The lowest BCUT2D eigenvalue weighted by Crippen LogP contribution is -2.12. The number of aryl methyl sites for hydroxylation is 1. The Hall–Kier alpha value is -3.08. The smallest absolute Gasteiger partial charge is 0.183 e. The van der Waals surface area contributed by atoms with Crippen molar-refractivity contribution in [3.63, 3.8) is 0 Å². The SMILES string of the molecule is CCCCCCCCOc1ccc(C)cc1Cc1ccc(-c2nc3cc(C(C)(C)C)[nH]n3n2)cc1. The van der Waals surface area contributed by atoms with Gasteiger partial charge in [-0.15, -0.1) is 5.10 Å². The molecule has 0 aliphatic heterocycles. The van der Waals surface area contributed by atoms with Gasteiger partial charge in [0, 0.05) is 29.2 Å². The Balaban J connectivity index is 1.40. The minimum Gasteiger partial charge on any atom is -0.493 e. The van der Waals surface area contributed by atoms with E-state index in [2.05, 4.69) is 93.3 Å². The van der Waals surface area contributed by atoms with Crippen molar-refractivity contribution in [2.45, 2.75) is 85.0 Å². The molecule has 4 rings (SSSR count). The van der Waals surface area contributed by atoms with Gasteiger partial charge in [-0.3, -0.25) is 5.10 Å². The molecule has 0 saturated heterocycles. The largest absolute Gasteiger partial charge is 0.493 e. The topological polar surface area (TPSA) is 55.2 Å². The van der Waals surface area contributed by atoms with Gasteiger partial charge in [-0.2, -0.15) is 4.63 Å². The molecule has 186 valence electrons. The monoisotopic (exact) mass is 472 g/mol. The van der Waals surface area contributed by atoms with Crippen LogP contribution in [0.3, 0.4) is 0 Å². The van der Waals surface area contributed by atoms with E-state index < -0.39 is 0 Å². The van der Waals surface area contributed by atoms with Crippen LogP contribution in [-0.2, 0) is 11.8 Å². The number of hydrogen-bond acceptors (Lipinski definition) is 3. The van der Waals surface area contributed by atoms with Gasteiger partial charge >= 0.3 is 0 Å². The number of aromatic amines is 1. The van der Waals surface area contributed by atoms with Crippen LogP contribution in [0.1, 0.15) is 88.6 Å². The molecular weight excluding hydrogens is 432 g/mol. The molecule has 0 spiro atoms. The van der Waals surface area contributed by atoms with Crippen molar-refractivity contribution in [1.29, 1.82) is 0 Å². The number of nitrogens with zero attached hydrogens (tertiary/aromatic N) is 3. The number of nitrogens with one attached hydrogen (secondary N) is 1. The zero-order valence-corrected chi connectivity index (χ0v) is 22.0. The second-order valence-electron chi connectivity index (χ2n) is 10.7. The van der Waals surface area contributed by atoms with Crippen LogP contribution in [0.5, 0.6) is 5.75 Å². The predicted octanol–water partition coefficient (Wildman–Crippen LogP) is 7.66. The number of benzene rings is 2. The van der Waals surface area contributed by atoms with Crippen LogP contribution < -0.4 is 4.74 Å². The predicted molar refractivity (Wildman–Crippen MR) is 144 cm³/mol. The fourth-order valence-electron chi connectivity index (χ4n) is 4.33. The van der Waals surface area contributed by atoms with Gasteiger partial charge in [-0.1, -0.05) is 102 Å². The van der Waals surface area contributed by atoms with Crippen molar-refractivity contribution < 1.29 is 4.74 Å². The summed E-state index contributed by atoms with van der Waals surface area (Å²) in [5, 5.41) is 8.00. The molecule has 2 aromatic heterocycles. The first kappa shape index (κ1) is 25.0. The van der Waals surface area contributed by atoms with Crippen molar-refractivity contribution in [2.75, 3.05) is 6.61 Å². The summed E-state index contributed by atoms with van der Waals surface area (Å²) in [7, 11) is 0. The number of aromatic nitrogens is 4. The van der Waals surface area contributed by atoms with Crippen LogP contribution in [-0.4, -0.2) is 26.4 Å². The molecule has 2 aromatic carbocycles. The first-order valence-corrected chi connectivity index (χ1v) is 13.1. The summed E-state index contributed by atoms with van der Waals surface area (Å²) in [5.74, 6) is 1.75. The van der Waals surface area contributed by atoms with Gasteiger partial charge in [0.05, 0.1) is 6.61 Å². The van der Waals surface area contributed by atoms with E-state index in [-0.39, 0.29) is 5.41 Å². The second-order valence-corrected chi connectivity index (χ2v) is 10.7. The maximum Gasteiger partial charge on any atom is 0.183 e. The van der Waals surface area contributed by atoms with Crippen LogP contribution in [0.15, 0.2) is 48.5 Å². The summed E-state index contributed by atoms with van der Waals surface area (Å²) >= 11 is 0. The number of hydrogen-bond donors (Lipinski definition) is 1. The average Bonchev–Trinajstić information content (AvgIpc) is 3.40.